The second-order valence-electron chi connectivity index (χ2n) is 4.35. The lowest BCUT2D eigenvalue weighted by atomic mass is 10.1. The molecule has 0 bridgehead atoms. The van der Waals surface area contributed by atoms with Gasteiger partial charge in [-0.3, -0.25) is 0 Å². The van der Waals surface area contributed by atoms with E-state index in [9.17, 15) is 0 Å². The van der Waals surface area contributed by atoms with E-state index in [1.54, 1.807) is 0 Å². The maximum absolute atomic E-state index is 5.90. The van der Waals surface area contributed by atoms with Crippen molar-refractivity contribution in [2.75, 3.05) is 23.0 Å². The van der Waals surface area contributed by atoms with Crippen molar-refractivity contribution in [3.63, 3.8) is 0 Å². The van der Waals surface area contributed by atoms with Crippen molar-refractivity contribution in [3.05, 3.63) is 23.9 Å². The highest BCUT2D eigenvalue weighted by atomic mass is 32.2. The van der Waals surface area contributed by atoms with Gasteiger partial charge in [0.15, 0.2) is 0 Å². The van der Waals surface area contributed by atoms with Gasteiger partial charge in [0.25, 0.3) is 0 Å². The Hall–Kier alpha value is -0.740. The molecule has 16 heavy (non-hydrogen) atoms. The van der Waals surface area contributed by atoms with Crippen molar-refractivity contribution < 1.29 is 0 Å². The highest BCUT2D eigenvalue weighted by Gasteiger charge is 2.20. The summed E-state index contributed by atoms with van der Waals surface area (Å²) >= 11 is 2.02. The molecule has 0 radical (unpaired) electrons. The number of rotatable bonds is 2. The summed E-state index contributed by atoms with van der Waals surface area (Å²) in [5.74, 6) is 3.45. The Kier molecular flexibility index (Phi) is 3.71. The van der Waals surface area contributed by atoms with Crippen LogP contribution in [0.1, 0.15) is 25.5 Å². The minimum atomic E-state index is 0.0798. The number of hydrogen-bond donors (Lipinski definition) is 1. The first-order chi connectivity index (χ1) is 7.68. The Balaban J connectivity index is 2.21. The molecule has 0 aliphatic carbocycles. The maximum Gasteiger partial charge on any atom is 0.129 e. The second-order valence-corrected chi connectivity index (χ2v) is 5.50. The molecule has 0 amide bonds. The van der Waals surface area contributed by atoms with Crippen LogP contribution >= 0.6 is 11.8 Å². The fraction of sp³-hybridized carbons (Fsp3) is 0.583. The van der Waals surface area contributed by atoms with E-state index >= 15 is 0 Å². The van der Waals surface area contributed by atoms with E-state index in [0.717, 1.165) is 17.9 Å². The third-order valence-corrected chi connectivity index (χ3v) is 4.15. The minimum absolute atomic E-state index is 0.0798. The van der Waals surface area contributed by atoms with E-state index in [2.05, 4.69) is 22.9 Å². The Morgan fingerprint density at radius 2 is 2.44 bits per heavy atom. The zero-order valence-corrected chi connectivity index (χ0v) is 10.7. The summed E-state index contributed by atoms with van der Waals surface area (Å²) in [4.78, 5) is 6.83. The molecule has 2 heterocycles. The molecule has 2 atom stereocenters. The third-order valence-electron chi connectivity index (χ3n) is 2.96. The van der Waals surface area contributed by atoms with E-state index < -0.39 is 0 Å². The van der Waals surface area contributed by atoms with Gasteiger partial charge in [-0.15, -0.1) is 0 Å². The lowest BCUT2D eigenvalue weighted by Crippen LogP contribution is -2.40. The van der Waals surface area contributed by atoms with E-state index in [1.165, 1.54) is 11.5 Å². The highest BCUT2D eigenvalue weighted by molar-refractivity contribution is 7.99. The standard InChI is InChI=1S/C12H19N3S/c1-9-8-16-6-5-15(9)12-7-11(10(2)13)3-4-14-12/h3-4,7,9-10H,5-6,8,13H2,1-2H3/t9?,10-/m1/s1. The van der Waals surface area contributed by atoms with Crippen LogP contribution in [0, 0.1) is 0 Å². The Labute approximate surface area is 101 Å². The van der Waals surface area contributed by atoms with Gasteiger partial charge < -0.3 is 10.6 Å². The smallest absolute Gasteiger partial charge is 0.129 e. The van der Waals surface area contributed by atoms with E-state index in [1.807, 2.05) is 30.9 Å². The molecule has 1 saturated heterocycles. The molecular formula is C12H19N3S. The Morgan fingerprint density at radius 1 is 1.62 bits per heavy atom. The van der Waals surface area contributed by atoms with Gasteiger partial charge in [-0.05, 0) is 31.5 Å². The molecule has 2 N–H and O–H groups in total. The summed E-state index contributed by atoms with van der Waals surface area (Å²) in [5, 5.41) is 0. The predicted octanol–water partition coefficient (Wildman–Crippen LogP) is 2.04. The number of thioether (sulfide) groups is 1. The topological polar surface area (TPSA) is 42.1 Å². The first kappa shape index (κ1) is 11.7. The Morgan fingerprint density at radius 3 is 3.12 bits per heavy atom. The molecule has 4 heteroatoms. The van der Waals surface area contributed by atoms with Gasteiger partial charge >= 0.3 is 0 Å². The first-order valence-corrected chi connectivity index (χ1v) is 6.90. The van der Waals surface area contributed by atoms with Crippen molar-refractivity contribution in [1.29, 1.82) is 0 Å². The summed E-state index contributed by atoms with van der Waals surface area (Å²) in [6.45, 7) is 5.35. The van der Waals surface area contributed by atoms with Crippen molar-refractivity contribution in [2.45, 2.75) is 25.9 Å². The number of nitrogens with zero attached hydrogens (tertiary/aromatic N) is 2. The highest BCUT2D eigenvalue weighted by Crippen LogP contribution is 2.23. The van der Waals surface area contributed by atoms with Gasteiger partial charge in [0.2, 0.25) is 0 Å². The molecule has 0 spiro atoms. The average molecular weight is 237 g/mol. The fourth-order valence-electron chi connectivity index (χ4n) is 1.94. The lowest BCUT2D eigenvalue weighted by Gasteiger charge is -2.34. The van der Waals surface area contributed by atoms with Gasteiger partial charge in [-0.25, -0.2) is 4.98 Å². The SMILES string of the molecule is CC1CSCCN1c1cc([C@@H](C)N)ccn1. The van der Waals surface area contributed by atoms with Gasteiger partial charge in [-0.2, -0.15) is 11.8 Å². The van der Waals surface area contributed by atoms with Crippen LogP contribution in [0.4, 0.5) is 5.82 Å². The zero-order chi connectivity index (χ0) is 11.5. The summed E-state index contributed by atoms with van der Waals surface area (Å²) in [6, 6.07) is 4.76. The van der Waals surface area contributed by atoms with Crippen molar-refractivity contribution in [2.24, 2.45) is 5.73 Å². The van der Waals surface area contributed by atoms with Gasteiger partial charge in [0.1, 0.15) is 5.82 Å². The van der Waals surface area contributed by atoms with Gasteiger partial charge in [-0.1, -0.05) is 0 Å². The molecule has 1 aromatic rings. The number of nitrogens with two attached hydrogens (primary N) is 1. The minimum Gasteiger partial charge on any atom is -0.352 e. The first-order valence-electron chi connectivity index (χ1n) is 5.74. The maximum atomic E-state index is 5.90. The monoisotopic (exact) mass is 237 g/mol. The second kappa shape index (κ2) is 5.06. The number of anilines is 1. The summed E-state index contributed by atoms with van der Waals surface area (Å²) in [7, 11) is 0. The summed E-state index contributed by atoms with van der Waals surface area (Å²) in [5.41, 5.74) is 7.06. The molecule has 0 saturated carbocycles. The van der Waals surface area contributed by atoms with Crippen LogP contribution in [0.15, 0.2) is 18.3 Å². The normalized spacial score (nSPS) is 23.2. The molecule has 1 fully saturated rings. The molecule has 1 aliphatic heterocycles. The average Bonchev–Trinajstić information content (AvgIpc) is 2.30. The summed E-state index contributed by atoms with van der Waals surface area (Å²) < 4.78 is 0. The predicted molar refractivity (Wildman–Crippen MR) is 71.0 cm³/mol. The molecule has 1 aliphatic rings. The van der Waals surface area contributed by atoms with E-state index in [4.69, 9.17) is 5.73 Å². The zero-order valence-electron chi connectivity index (χ0n) is 9.89. The van der Waals surface area contributed by atoms with E-state index in [0.29, 0.717) is 6.04 Å². The summed E-state index contributed by atoms with van der Waals surface area (Å²) in [6.07, 6.45) is 1.86. The molecular weight excluding hydrogens is 218 g/mol. The molecule has 3 nitrogen and oxygen atoms in total. The quantitative estimate of drug-likeness (QED) is 0.855. The molecule has 2 rings (SSSR count). The molecule has 1 aromatic heterocycles. The lowest BCUT2D eigenvalue weighted by molar-refractivity contribution is 0.687. The third kappa shape index (κ3) is 2.50. The Bertz CT molecular complexity index is 354. The van der Waals surface area contributed by atoms with Crippen molar-refractivity contribution >= 4 is 17.6 Å². The van der Waals surface area contributed by atoms with Gasteiger partial charge in [0, 0.05) is 36.3 Å². The molecule has 88 valence electrons. The molecule has 0 aromatic carbocycles. The van der Waals surface area contributed by atoms with Crippen LogP contribution in [0.5, 0.6) is 0 Å². The van der Waals surface area contributed by atoms with Gasteiger partial charge in [0.05, 0.1) is 0 Å². The number of hydrogen-bond acceptors (Lipinski definition) is 4. The van der Waals surface area contributed by atoms with Crippen LogP contribution in [0.2, 0.25) is 0 Å². The van der Waals surface area contributed by atoms with E-state index in [-0.39, 0.29) is 6.04 Å². The number of aromatic nitrogens is 1. The van der Waals surface area contributed by atoms with Crippen LogP contribution in [-0.4, -0.2) is 29.1 Å². The molecule has 1 unspecified atom stereocenters. The van der Waals surface area contributed by atoms with Crippen molar-refractivity contribution in [1.82, 2.24) is 4.98 Å². The van der Waals surface area contributed by atoms with Crippen LogP contribution in [0.3, 0.4) is 0 Å². The van der Waals surface area contributed by atoms with Crippen LogP contribution in [0.25, 0.3) is 0 Å². The van der Waals surface area contributed by atoms with Crippen molar-refractivity contribution in [3.8, 4) is 0 Å². The van der Waals surface area contributed by atoms with Crippen LogP contribution in [-0.2, 0) is 0 Å². The largest absolute Gasteiger partial charge is 0.352 e. The fourth-order valence-corrected chi connectivity index (χ4v) is 2.96. The van der Waals surface area contributed by atoms with Crippen LogP contribution < -0.4 is 10.6 Å². The number of pyridine rings is 1.